The summed E-state index contributed by atoms with van der Waals surface area (Å²) >= 11 is 0. The van der Waals surface area contributed by atoms with E-state index in [1.165, 1.54) is 5.69 Å². The number of hydrogen-bond donors (Lipinski definition) is 0. The Morgan fingerprint density at radius 3 is 1.93 bits per heavy atom. The van der Waals surface area contributed by atoms with Crippen molar-refractivity contribution >= 4 is 17.3 Å². The molecule has 28 heavy (non-hydrogen) atoms. The molecular formula is C21H27N5O2. The van der Waals surface area contributed by atoms with Crippen molar-refractivity contribution in [1.29, 1.82) is 0 Å². The quantitative estimate of drug-likeness (QED) is 0.807. The molecule has 1 aromatic heterocycles. The highest BCUT2D eigenvalue weighted by Gasteiger charge is 2.40. The van der Waals surface area contributed by atoms with Gasteiger partial charge in [0.15, 0.2) is 5.79 Å². The molecule has 1 spiro atoms. The van der Waals surface area contributed by atoms with Crippen molar-refractivity contribution in [3.8, 4) is 0 Å². The maximum Gasteiger partial charge on any atom is 0.171 e. The Morgan fingerprint density at radius 1 is 0.714 bits per heavy atom. The summed E-state index contributed by atoms with van der Waals surface area (Å²) < 4.78 is 11.7. The van der Waals surface area contributed by atoms with Crippen LogP contribution in [0, 0.1) is 0 Å². The number of piperazine rings is 1. The third-order valence-corrected chi connectivity index (χ3v) is 6.03. The van der Waals surface area contributed by atoms with Gasteiger partial charge in [0, 0.05) is 63.9 Å². The van der Waals surface area contributed by atoms with Crippen molar-refractivity contribution in [2.75, 3.05) is 67.2 Å². The van der Waals surface area contributed by atoms with Gasteiger partial charge in [0.25, 0.3) is 0 Å². The maximum absolute atomic E-state index is 5.84. The maximum atomic E-state index is 5.84. The van der Waals surface area contributed by atoms with Crippen LogP contribution in [0.15, 0.2) is 42.7 Å². The molecule has 3 aliphatic heterocycles. The Labute approximate surface area is 165 Å². The van der Waals surface area contributed by atoms with Gasteiger partial charge in [-0.1, -0.05) is 18.2 Å². The summed E-state index contributed by atoms with van der Waals surface area (Å²) in [6.45, 7) is 7.18. The van der Waals surface area contributed by atoms with E-state index in [9.17, 15) is 0 Å². The second-order valence-corrected chi connectivity index (χ2v) is 7.64. The zero-order valence-corrected chi connectivity index (χ0v) is 16.2. The number of piperidine rings is 1. The van der Waals surface area contributed by atoms with Crippen molar-refractivity contribution in [2.24, 2.45) is 0 Å². The lowest BCUT2D eigenvalue weighted by Gasteiger charge is -2.39. The molecule has 0 N–H and O–H groups in total. The SMILES string of the molecule is c1ccc(N2CCN(c3cc(N4CCC5(CC4)OCCO5)ncn3)CC2)cc1. The van der Waals surface area contributed by atoms with Crippen LogP contribution in [0.5, 0.6) is 0 Å². The van der Waals surface area contributed by atoms with Crippen molar-refractivity contribution < 1.29 is 9.47 Å². The predicted octanol–water partition coefficient (Wildman–Crippen LogP) is 2.15. The number of rotatable bonds is 3. The Morgan fingerprint density at radius 2 is 1.29 bits per heavy atom. The van der Waals surface area contributed by atoms with E-state index in [-0.39, 0.29) is 5.79 Å². The third kappa shape index (κ3) is 3.52. The smallest absolute Gasteiger partial charge is 0.171 e. The summed E-state index contributed by atoms with van der Waals surface area (Å²) in [5.41, 5.74) is 1.30. The van der Waals surface area contributed by atoms with Crippen molar-refractivity contribution in [3.05, 3.63) is 42.7 Å². The van der Waals surface area contributed by atoms with Gasteiger partial charge in [-0.25, -0.2) is 9.97 Å². The highest BCUT2D eigenvalue weighted by Crippen LogP contribution is 2.33. The van der Waals surface area contributed by atoms with Gasteiger partial charge < -0.3 is 24.2 Å². The minimum atomic E-state index is -0.347. The monoisotopic (exact) mass is 381 g/mol. The molecule has 0 radical (unpaired) electrons. The number of nitrogens with zero attached hydrogens (tertiary/aromatic N) is 5. The topological polar surface area (TPSA) is 54.0 Å². The first kappa shape index (κ1) is 17.7. The first-order valence-electron chi connectivity index (χ1n) is 10.2. The molecule has 1 aromatic carbocycles. The molecule has 0 unspecified atom stereocenters. The van der Waals surface area contributed by atoms with Crippen molar-refractivity contribution in [2.45, 2.75) is 18.6 Å². The molecule has 0 bridgehead atoms. The number of aromatic nitrogens is 2. The third-order valence-electron chi connectivity index (χ3n) is 6.03. The van der Waals surface area contributed by atoms with Crippen LogP contribution >= 0.6 is 0 Å². The zero-order chi connectivity index (χ0) is 18.8. The fourth-order valence-corrected chi connectivity index (χ4v) is 4.38. The van der Waals surface area contributed by atoms with Gasteiger partial charge >= 0.3 is 0 Å². The van der Waals surface area contributed by atoms with Crippen LogP contribution in [-0.2, 0) is 9.47 Å². The van der Waals surface area contributed by atoms with Crippen LogP contribution in [0.4, 0.5) is 17.3 Å². The zero-order valence-electron chi connectivity index (χ0n) is 16.2. The lowest BCUT2D eigenvalue weighted by Crippen LogP contribution is -2.47. The second-order valence-electron chi connectivity index (χ2n) is 7.64. The molecule has 5 rings (SSSR count). The average molecular weight is 381 g/mol. The molecule has 3 fully saturated rings. The molecule has 3 saturated heterocycles. The van der Waals surface area contributed by atoms with Gasteiger partial charge in [0.1, 0.15) is 18.0 Å². The van der Waals surface area contributed by atoms with E-state index in [2.05, 4.69) is 61.1 Å². The standard InChI is InChI=1S/C21H27N5O2/c1-2-4-18(5-3-1)24-10-12-26(13-11-24)20-16-19(22-17-23-20)25-8-6-21(7-9-25)27-14-15-28-21/h1-5,16-17H,6-15H2. The van der Waals surface area contributed by atoms with E-state index in [1.807, 2.05) is 0 Å². The summed E-state index contributed by atoms with van der Waals surface area (Å²) in [5, 5.41) is 0. The average Bonchev–Trinajstić information content (AvgIpc) is 3.23. The Balaban J connectivity index is 1.22. The minimum Gasteiger partial charge on any atom is -0.368 e. The molecule has 3 aliphatic rings. The van der Waals surface area contributed by atoms with E-state index in [0.717, 1.165) is 63.7 Å². The van der Waals surface area contributed by atoms with Gasteiger partial charge in [-0.05, 0) is 12.1 Å². The fourth-order valence-electron chi connectivity index (χ4n) is 4.38. The number of benzene rings is 1. The summed E-state index contributed by atoms with van der Waals surface area (Å²) in [4.78, 5) is 16.2. The summed E-state index contributed by atoms with van der Waals surface area (Å²) in [6, 6.07) is 12.8. The molecule has 2 aromatic rings. The molecule has 0 saturated carbocycles. The Kier molecular flexibility index (Phi) is 4.78. The fraction of sp³-hybridized carbons (Fsp3) is 0.524. The summed E-state index contributed by atoms with van der Waals surface area (Å²) in [7, 11) is 0. The number of ether oxygens (including phenoxy) is 2. The van der Waals surface area contributed by atoms with Gasteiger partial charge in [-0.3, -0.25) is 0 Å². The molecule has 148 valence electrons. The normalized spacial score (nSPS) is 22.1. The van der Waals surface area contributed by atoms with E-state index < -0.39 is 0 Å². The van der Waals surface area contributed by atoms with E-state index in [0.29, 0.717) is 13.2 Å². The first-order chi connectivity index (χ1) is 13.8. The number of para-hydroxylation sites is 1. The van der Waals surface area contributed by atoms with Crippen LogP contribution in [0.3, 0.4) is 0 Å². The highest BCUT2D eigenvalue weighted by molar-refractivity contribution is 5.53. The Bertz CT molecular complexity index is 778. The summed E-state index contributed by atoms with van der Waals surface area (Å²) in [6.07, 6.45) is 3.48. The molecular weight excluding hydrogens is 354 g/mol. The van der Waals surface area contributed by atoms with Crippen molar-refractivity contribution in [1.82, 2.24) is 9.97 Å². The molecule has 0 aliphatic carbocycles. The van der Waals surface area contributed by atoms with Crippen LogP contribution in [-0.4, -0.2) is 68.2 Å². The van der Waals surface area contributed by atoms with Crippen LogP contribution in [0.25, 0.3) is 0 Å². The molecule has 7 heteroatoms. The van der Waals surface area contributed by atoms with Crippen molar-refractivity contribution in [3.63, 3.8) is 0 Å². The molecule has 4 heterocycles. The first-order valence-corrected chi connectivity index (χ1v) is 10.2. The summed E-state index contributed by atoms with van der Waals surface area (Å²) in [5.74, 6) is 1.68. The van der Waals surface area contributed by atoms with Crippen LogP contribution < -0.4 is 14.7 Å². The Hall–Kier alpha value is -2.38. The minimum absolute atomic E-state index is 0.347. The van der Waals surface area contributed by atoms with Crippen LogP contribution in [0.2, 0.25) is 0 Å². The van der Waals surface area contributed by atoms with Gasteiger partial charge in [0.05, 0.1) is 13.2 Å². The predicted molar refractivity (Wildman–Crippen MR) is 109 cm³/mol. The number of hydrogen-bond acceptors (Lipinski definition) is 7. The largest absolute Gasteiger partial charge is 0.368 e. The molecule has 7 nitrogen and oxygen atoms in total. The van der Waals surface area contributed by atoms with E-state index >= 15 is 0 Å². The molecule has 0 atom stereocenters. The van der Waals surface area contributed by atoms with E-state index in [1.54, 1.807) is 6.33 Å². The lowest BCUT2D eigenvalue weighted by atomic mass is 10.0. The highest BCUT2D eigenvalue weighted by atomic mass is 16.7. The lowest BCUT2D eigenvalue weighted by molar-refractivity contribution is -0.169. The second kappa shape index (κ2) is 7.56. The van der Waals surface area contributed by atoms with Gasteiger partial charge in [-0.15, -0.1) is 0 Å². The van der Waals surface area contributed by atoms with Crippen LogP contribution in [0.1, 0.15) is 12.8 Å². The van der Waals surface area contributed by atoms with Gasteiger partial charge in [-0.2, -0.15) is 0 Å². The molecule has 0 amide bonds. The van der Waals surface area contributed by atoms with Gasteiger partial charge in [0.2, 0.25) is 0 Å². The van der Waals surface area contributed by atoms with E-state index in [4.69, 9.17) is 9.47 Å². The number of anilines is 3.